The lowest BCUT2D eigenvalue weighted by atomic mass is 10.1. The maximum absolute atomic E-state index is 10.3. The number of aliphatic hydroxyl groups is 1. The summed E-state index contributed by atoms with van der Waals surface area (Å²) in [5.41, 5.74) is 1.01. The number of terminal acetylenes is 1. The molecule has 1 aliphatic rings. The fourth-order valence-corrected chi connectivity index (χ4v) is 3.17. The summed E-state index contributed by atoms with van der Waals surface area (Å²) in [6.07, 6.45) is 9.20. The fraction of sp³-hybridized carbons (Fsp3) is 0.524. The molecule has 0 aliphatic carbocycles. The van der Waals surface area contributed by atoms with Gasteiger partial charge in [0.25, 0.3) is 0 Å². The lowest BCUT2D eigenvalue weighted by molar-refractivity contribution is 0.0750. The number of aliphatic hydroxyl groups excluding tert-OH is 1. The van der Waals surface area contributed by atoms with Crippen molar-refractivity contribution in [3.8, 4) is 23.8 Å². The van der Waals surface area contributed by atoms with Crippen LogP contribution in [0.2, 0.25) is 0 Å². The first kappa shape index (κ1) is 20.3. The van der Waals surface area contributed by atoms with Crippen LogP contribution in [0.1, 0.15) is 18.4 Å². The fourth-order valence-electron chi connectivity index (χ4n) is 3.17. The highest BCUT2D eigenvalue weighted by molar-refractivity contribution is 5.41. The van der Waals surface area contributed by atoms with E-state index in [1.807, 2.05) is 24.3 Å². The maximum atomic E-state index is 10.3. The van der Waals surface area contributed by atoms with Crippen LogP contribution < -0.4 is 9.47 Å². The number of rotatable bonds is 11. The molecule has 1 unspecified atom stereocenters. The zero-order valence-electron chi connectivity index (χ0n) is 15.7. The Morgan fingerprint density at radius 2 is 2.19 bits per heavy atom. The molecule has 1 atom stereocenters. The van der Waals surface area contributed by atoms with Gasteiger partial charge in [0.1, 0.15) is 24.2 Å². The third-order valence-electron chi connectivity index (χ3n) is 4.47. The molecule has 1 aliphatic heterocycles. The second-order valence-corrected chi connectivity index (χ2v) is 6.61. The van der Waals surface area contributed by atoms with E-state index in [9.17, 15) is 5.11 Å². The zero-order chi connectivity index (χ0) is 18.8. The summed E-state index contributed by atoms with van der Waals surface area (Å²) >= 11 is 0. The minimum atomic E-state index is -0.512. The highest BCUT2D eigenvalue weighted by Crippen LogP contribution is 2.26. The number of hydrogen-bond donors (Lipinski definition) is 1. The molecule has 1 heterocycles. The number of benzene rings is 1. The van der Waals surface area contributed by atoms with E-state index in [0.717, 1.165) is 30.2 Å². The van der Waals surface area contributed by atoms with Crippen LogP contribution in [-0.4, -0.2) is 67.5 Å². The quantitative estimate of drug-likeness (QED) is 0.485. The van der Waals surface area contributed by atoms with Gasteiger partial charge in [0.15, 0.2) is 0 Å². The Morgan fingerprint density at radius 1 is 1.42 bits per heavy atom. The van der Waals surface area contributed by atoms with Crippen molar-refractivity contribution in [2.45, 2.75) is 25.5 Å². The van der Waals surface area contributed by atoms with E-state index in [1.165, 1.54) is 12.8 Å². The van der Waals surface area contributed by atoms with Gasteiger partial charge in [0, 0.05) is 31.3 Å². The van der Waals surface area contributed by atoms with Crippen molar-refractivity contribution in [3.63, 3.8) is 0 Å². The minimum absolute atomic E-state index is 0.257. The zero-order valence-corrected chi connectivity index (χ0v) is 15.7. The molecule has 1 N–H and O–H groups in total. The molecular formula is C21H30N2O3. The first-order chi connectivity index (χ1) is 12.7. The molecule has 0 amide bonds. The van der Waals surface area contributed by atoms with Gasteiger partial charge in [-0.15, -0.1) is 13.0 Å². The largest absolute Gasteiger partial charge is 0.497 e. The Labute approximate surface area is 157 Å². The van der Waals surface area contributed by atoms with Crippen LogP contribution in [0, 0.1) is 12.3 Å². The van der Waals surface area contributed by atoms with Crippen LogP contribution in [0.3, 0.4) is 0 Å². The average molecular weight is 358 g/mol. The van der Waals surface area contributed by atoms with Gasteiger partial charge in [-0.05, 0) is 32.0 Å². The smallest absolute Gasteiger partial charge is 0.127 e. The van der Waals surface area contributed by atoms with Crippen molar-refractivity contribution in [1.29, 1.82) is 0 Å². The molecule has 0 aromatic heterocycles. The molecule has 5 nitrogen and oxygen atoms in total. The summed E-state index contributed by atoms with van der Waals surface area (Å²) in [7, 11) is 1.63. The monoisotopic (exact) mass is 358 g/mol. The summed E-state index contributed by atoms with van der Waals surface area (Å²) in [5.74, 6) is 4.12. The number of likely N-dealkylation sites (tertiary alicyclic amines) is 1. The Bertz CT molecular complexity index is 606. The normalized spacial score (nSPS) is 15.6. The first-order valence-electron chi connectivity index (χ1n) is 9.13. The number of methoxy groups -OCH3 is 1. The van der Waals surface area contributed by atoms with Crippen molar-refractivity contribution in [1.82, 2.24) is 9.80 Å². The predicted molar refractivity (Wildman–Crippen MR) is 104 cm³/mol. The Hall–Kier alpha value is -2.00. The lowest BCUT2D eigenvalue weighted by Crippen LogP contribution is -2.33. The van der Waals surface area contributed by atoms with Gasteiger partial charge in [-0.1, -0.05) is 18.1 Å². The molecule has 5 heteroatoms. The first-order valence-corrected chi connectivity index (χ1v) is 9.13. The van der Waals surface area contributed by atoms with Crippen LogP contribution >= 0.6 is 0 Å². The van der Waals surface area contributed by atoms with Crippen LogP contribution in [-0.2, 0) is 6.54 Å². The van der Waals surface area contributed by atoms with Gasteiger partial charge in [-0.2, -0.15) is 0 Å². The van der Waals surface area contributed by atoms with Crippen molar-refractivity contribution in [2.24, 2.45) is 0 Å². The molecular weight excluding hydrogens is 328 g/mol. The van der Waals surface area contributed by atoms with Gasteiger partial charge in [0.05, 0.1) is 13.7 Å². The Morgan fingerprint density at radius 3 is 2.85 bits per heavy atom. The maximum Gasteiger partial charge on any atom is 0.127 e. The van der Waals surface area contributed by atoms with Crippen LogP contribution in [0.5, 0.6) is 11.5 Å². The summed E-state index contributed by atoms with van der Waals surface area (Å²) in [4.78, 5) is 4.38. The molecule has 2 rings (SSSR count). The third kappa shape index (κ3) is 6.38. The third-order valence-corrected chi connectivity index (χ3v) is 4.47. The van der Waals surface area contributed by atoms with Gasteiger partial charge < -0.3 is 19.5 Å². The molecule has 26 heavy (non-hydrogen) atoms. The molecule has 142 valence electrons. The lowest BCUT2D eigenvalue weighted by Gasteiger charge is -2.22. The molecule has 1 saturated heterocycles. The van der Waals surface area contributed by atoms with E-state index < -0.39 is 6.10 Å². The summed E-state index contributed by atoms with van der Waals surface area (Å²) in [5, 5.41) is 10.3. The topological polar surface area (TPSA) is 45.2 Å². The molecule has 0 bridgehead atoms. The predicted octanol–water partition coefficient (Wildman–Crippen LogP) is 2.15. The van der Waals surface area contributed by atoms with Crippen LogP contribution in [0.4, 0.5) is 0 Å². The summed E-state index contributed by atoms with van der Waals surface area (Å²) in [6, 6.07) is 5.75. The van der Waals surface area contributed by atoms with Crippen molar-refractivity contribution in [3.05, 3.63) is 36.4 Å². The van der Waals surface area contributed by atoms with Crippen molar-refractivity contribution < 1.29 is 14.6 Å². The van der Waals surface area contributed by atoms with E-state index in [1.54, 1.807) is 7.11 Å². The number of nitrogens with zero attached hydrogens (tertiary/aromatic N) is 2. The van der Waals surface area contributed by atoms with E-state index in [0.29, 0.717) is 26.2 Å². The average Bonchev–Trinajstić information content (AvgIpc) is 3.14. The van der Waals surface area contributed by atoms with Crippen LogP contribution in [0.25, 0.3) is 0 Å². The molecule has 1 fully saturated rings. The van der Waals surface area contributed by atoms with E-state index in [4.69, 9.17) is 15.9 Å². The number of ether oxygens (including phenoxy) is 2. The Balaban J connectivity index is 2.01. The second kappa shape index (κ2) is 10.9. The second-order valence-electron chi connectivity index (χ2n) is 6.61. The highest BCUT2D eigenvalue weighted by Gasteiger charge is 2.17. The van der Waals surface area contributed by atoms with Gasteiger partial charge in [0.2, 0.25) is 0 Å². The molecule has 1 aromatic rings. The van der Waals surface area contributed by atoms with Crippen LogP contribution in [0.15, 0.2) is 30.9 Å². The number of β-amino-alcohol motifs (C(OH)–C–C–N with tert-alkyl or cyclic N) is 1. The van der Waals surface area contributed by atoms with E-state index in [-0.39, 0.29) is 6.61 Å². The van der Waals surface area contributed by atoms with Gasteiger partial charge in [-0.25, -0.2) is 0 Å². The number of hydrogen-bond acceptors (Lipinski definition) is 5. The van der Waals surface area contributed by atoms with E-state index >= 15 is 0 Å². The molecule has 0 spiro atoms. The Kier molecular flexibility index (Phi) is 8.49. The highest BCUT2D eigenvalue weighted by atomic mass is 16.5. The summed E-state index contributed by atoms with van der Waals surface area (Å²) in [6.45, 7) is 8.70. The van der Waals surface area contributed by atoms with Gasteiger partial charge in [-0.3, -0.25) is 4.90 Å². The van der Waals surface area contributed by atoms with Gasteiger partial charge >= 0.3 is 0 Å². The van der Waals surface area contributed by atoms with E-state index in [2.05, 4.69) is 22.3 Å². The van der Waals surface area contributed by atoms with Crippen molar-refractivity contribution in [2.75, 3.05) is 46.4 Å². The van der Waals surface area contributed by atoms with Crippen molar-refractivity contribution >= 4 is 0 Å². The standard InChI is InChI=1S/C21H30N2O3/c1-4-10-22(11-5-2)15-18-8-9-20(25-3)14-21(18)26-17-19(24)16-23-12-6-7-13-23/h1,5,8-9,14,19,24H,2,6-7,10-13,15-17H2,3H3. The molecule has 1 aromatic carbocycles. The summed E-state index contributed by atoms with van der Waals surface area (Å²) < 4.78 is 11.3. The molecule has 0 radical (unpaired) electrons. The SMILES string of the molecule is C#CCN(CC=C)Cc1ccc(OC)cc1OCC(O)CN1CCCC1. The molecule has 0 saturated carbocycles. The minimum Gasteiger partial charge on any atom is -0.497 e.